The number of aliphatic carboxylic acids is 2. The van der Waals surface area contributed by atoms with E-state index in [0.717, 1.165) is 50.5 Å². The standard InChI is InChI=1S/C17H22N2O4S.C10H18N2O3S/c1-13(12-24-17(23)14-7-3-2-4-8-14)16(22)19(11-15(20)21)18-9-5-6-10-18;1-8(7-16)10(15)12(6-9(13)14)11-4-2-3-5-11/h2-4,7-8,13H,5-6,9-12H2,1H3,(H,20,21);8,16H,2-7H2,1H3,(H,13,14). The summed E-state index contributed by atoms with van der Waals surface area (Å²) in [7, 11) is 0. The van der Waals surface area contributed by atoms with Crippen molar-refractivity contribution < 1.29 is 34.2 Å². The summed E-state index contributed by atoms with van der Waals surface area (Å²) in [4.78, 5) is 58.5. The minimum atomic E-state index is -1.03. The summed E-state index contributed by atoms with van der Waals surface area (Å²) in [5.41, 5.74) is 0.601. The van der Waals surface area contributed by atoms with Crippen LogP contribution in [0.25, 0.3) is 0 Å². The van der Waals surface area contributed by atoms with Crippen LogP contribution in [-0.2, 0) is 19.2 Å². The van der Waals surface area contributed by atoms with Crippen molar-refractivity contribution in [2.24, 2.45) is 11.8 Å². The Morgan fingerprint density at radius 2 is 1.23 bits per heavy atom. The third kappa shape index (κ3) is 10.8. The van der Waals surface area contributed by atoms with Gasteiger partial charge in [-0.05, 0) is 25.7 Å². The number of carbonyl (C=O) groups is 5. The highest BCUT2D eigenvalue weighted by molar-refractivity contribution is 8.14. The summed E-state index contributed by atoms with van der Waals surface area (Å²) in [6.45, 7) is 5.83. The molecule has 0 radical (unpaired) electrons. The van der Waals surface area contributed by atoms with Gasteiger partial charge in [-0.2, -0.15) is 12.6 Å². The van der Waals surface area contributed by atoms with E-state index in [0.29, 0.717) is 30.2 Å². The van der Waals surface area contributed by atoms with Gasteiger partial charge in [-0.15, -0.1) is 0 Å². The third-order valence-corrected chi connectivity index (χ3v) is 8.23. The molecule has 2 atom stereocenters. The van der Waals surface area contributed by atoms with Crippen molar-refractivity contribution in [1.29, 1.82) is 0 Å². The second kappa shape index (κ2) is 17.3. The summed E-state index contributed by atoms with van der Waals surface area (Å²) in [5.74, 6) is -2.32. The van der Waals surface area contributed by atoms with Crippen LogP contribution in [0.1, 0.15) is 49.9 Å². The van der Waals surface area contributed by atoms with Gasteiger partial charge in [0.2, 0.25) is 16.9 Å². The second-order valence-corrected chi connectivity index (χ2v) is 11.2. The summed E-state index contributed by atoms with van der Waals surface area (Å²) >= 11 is 5.16. The maximum absolute atomic E-state index is 12.6. The monoisotopic (exact) mass is 596 g/mol. The maximum Gasteiger partial charge on any atom is 0.324 e. The fraction of sp³-hybridized carbons (Fsp3) is 0.593. The van der Waals surface area contributed by atoms with E-state index in [1.54, 1.807) is 43.1 Å². The molecule has 40 heavy (non-hydrogen) atoms. The van der Waals surface area contributed by atoms with Gasteiger partial charge in [0.15, 0.2) is 0 Å². The van der Waals surface area contributed by atoms with Crippen LogP contribution in [0.5, 0.6) is 0 Å². The molecular formula is C27H40N4O7S2. The number of nitrogens with zero attached hydrogens (tertiary/aromatic N) is 4. The van der Waals surface area contributed by atoms with Crippen molar-refractivity contribution in [3.63, 3.8) is 0 Å². The molecule has 2 N–H and O–H groups in total. The lowest BCUT2D eigenvalue weighted by atomic mass is 10.2. The largest absolute Gasteiger partial charge is 0.480 e. The molecule has 2 amide bonds. The number of benzene rings is 1. The van der Waals surface area contributed by atoms with E-state index in [9.17, 15) is 24.0 Å². The minimum absolute atomic E-state index is 0.0822. The van der Waals surface area contributed by atoms with E-state index in [1.807, 2.05) is 11.1 Å². The molecule has 2 unspecified atom stereocenters. The number of thioether (sulfide) groups is 1. The Labute approximate surface area is 245 Å². The lowest BCUT2D eigenvalue weighted by Crippen LogP contribution is -2.49. The Morgan fingerprint density at radius 3 is 1.62 bits per heavy atom. The number of hydrogen-bond donors (Lipinski definition) is 3. The van der Waals surface area contributed by atoms with E-state index in [2.05, 4.69) is 12.6 Å². The third-order valence-electron chi connectivity index (χ3n) is 6.52. The Morgan fingerprint density at radius 1 is 0.800 bits per heavy atom. The number of hydrazine groups is 2. The number of amides is 2. The van der Waals surface area contributed by atoms with Gasteiger partial charge in [0, 0.05) is 55.1 Å². The number of carbonyl (C=O) groups excluding carboxylic acids is 3. The second-order valence-electron chi connectivity index (χ2n) is 9.85. The Bertz CT molecular complexity index is 1000. The smallest absolute Gasteiger partial charge is 0.324 e. The zero-order valence-electron chi connectivity index (χ0n) is 23.1. The molecule has 0 spiro atoms. The topological polar surface area (TPSA) is 139 Å². The molecule has 11 nitrogen and oxygen atoms in total. The molecule has 3 rings (SSSR count). The van der Waals surface area contributed by atoms with E-state index >= 15 is 0 Å². The van der Waals surface area contributed by atoms with Gasteiger partial charge in [0.05, 0.1) is 0 Å². The van der Waals surface area contributed by atoms with Crippen LogP contribution < -0.4 is 0 Å². The van der Waals surface area contributed by atoms with Crippen LogP contribution in [0.2, 0.25) is 0 Å². The van der Waals surface area contributed by atoms with Crippen molar-refractivity contribution >= 4 is 53.3 Å². The van der Waals surface area contributed by atoms with Crippen LogP contribution >= 0.6 is 24.4 Å². The highest BCUT2D eigenvalue weighted by Crippen LogP contribution is 2.20. The summed E-state index contributed by atoms with van der Waals surface area (Å²) in [5, 5.41) is 24.1. The predicted molar refractivity (Wildman–Crippen MR) is 156 cm³/mol. The summed E-state index contributed by atoms with van der Waals surface area (Å²) < 4.78 is 0. The molecular weight excluding hydrogens is 556 g/mol. The first kappa shape index (κ1) is 33.6. The van der Waals surface area contributed by atoms with Gasteiger partial charge < -0.3 is 10.2 Å². The van der Waals surface area contributed by atoms with Crippen molar-refractivity contribution in [2.75, 3.05) is 50.8 Å². The van der Waals surface area contributed by atoms with Gasteiger partial charge in [-0.1, -0.05) is 55.9 Å². The Kier molecular flexibility index (Phi) is 14.5. The first-order valence-corrected chi connectivity index (χ1v) is 15.1. The molecule has 0 aromatic heterocycles. The van der Waals surface area contributed by atoms with Crippen LogP contribution in [0.15, 0.2) is 30.3 Å². The lowest BCUT2D eigenvalue weighted by molar-refractivity contribution is -0.160. The molecule has 2 aliphatic rings. The number of thiol groups is 1. The van der Waals surface area contributed by atoms with Crippen LogP contribution in [0, 0.1) is 11.8 Å². The molecule has 1 aromatic carbocycles. The predicted octanol–water partition coefficient (Wildman–Crippen LogP) is 2.60. The number of rotatable bonds is 12. The molecule has 2 saturated heterocycles. The van der Waals surface area contributed by atoms with Gasteiger partial charge >= 0.3 is 11.9 Å². The Hall–Kier alpha value is -2.61. The van der Waals surface area contributed by atoms with Crippen molar-refractivity contribution in [2.45, 2.75) is 39.5 Å². The number of hydrogen-bond acceptors (Lipinski definition) is 9. The fourth-order valence-electron chi connectivity index (χ4n) is 4.29. The highest BCUT2D eigenvalue weighted by Gasteiger charge is 2.30. The van der Waals surface area contributed by atoms with Gasteiger partial charge in [-0.25, -0.2) is 10.0 Å². The molecule has 1 aromatic rings. The quantitative estimate of drug-likeness (QED) is 0.309. The van der Waals surface area contributed by atoms with Crippen LogP contribution in [-0.4, -0.2) is 110 Å². The Balaban J connectivity index is 0.000000305. The first-order valence-electron chi connectivity index (χ1n) is 13.4. The van der Waals surface area contributed by atoms with Gasteiger partial charge in [0.25, 0.3) is 0 Å². The first-order chi connectivity index (χ1) is 19.0. The van der Waals surface area contributed by atoms with E-state index in [4.69, 9.17) is 10.2 Å². The molecule has 2 fully saturated rings. The normalized spacial score (nSPS) is 16.9. The van der Waals surface area contributed by atoms with Crippen molar-refractivity contribution in [3.8, 4) is 0 Å². The zero-order chi connectivity index (χ0) is 29.7. The maximum atomic E-state index is 12.6. The molecule has 0 bridgehead atoms. The number of carboxylic acids is 2. The summed E-state index contributed by atoms with van der Waals surface area (Å²) in [6, 6.07) is 8.91. The average molecular weight is 597 g/mol. The zero-order valence-corrected chi connectivity index (χ0v) is 24.8. The highest BCUT2D eigenvalue weighted by atomic mass is 32.2. The van der Waals surface area contributed by atoms with Crippen LogP contribution in [0.4, 0.5) is 0 Å². The molecule has 13 heteroatoms. The minimum Gasteiger partial charge on any atom is -0.480 e. The van der Waals surface area contributed by atoms with Crippen molar-refractivity contribution in [3.05, 3.63) is 35.9 Å². The molecule has 0 saturated carbocycles. The molecule has 0 aliphatic carbocycles. The SMILES string of the molecule is CC(CS)C(=O)N(CC(=O)O)N1CCCC1.CC(CSC(=O)c1ccccc1)C(=O)N(CC(=O)O)N1CCCC1. The van der Waals surface area contributed by atoms with Crippen molar-refractivity contribution in [1.82, 2.24) is 20.0 Å². The molecule has 2 aliphatic heterocycles. The van der Waals surface area contributed by atoms with E-state index < -0.39 is 17.9 Å². The average Bonchev–Trinajstić information content (AvgIpc) is 3.68. The molecule has 222 valence electrons. The molecule has 2 heterocycles. The van der Waals surface area contributed by atoms with Gasteiger partial charge in [-0.3, -0.25) is 34.0 Å². The summed E-state index contributed by atoms with van der Waals surface area (Å²) in [6.07, 6.45) is 3.94. The van der Waals surface area contributed by atoms with E-state index in [1.165, 1.54) is 10.0 Å². The fourth-order valence-corrected chi connectivity index (χ4v) is 5.29. The van der Waals surface area contributed by atoms with Crippen LogP contribution in [0.3, 0.4) is 0 Å². The number of carboxylic acid groups (broad SMARTS) is 2. The van der Waals surface area contributed by atoms with E-state index in [-0.39, 0.29) is 35.9 Å². The van der Waals surface area contributed by atoms with Gasteiger partial charge in [0.1, 0.15) is 13.1 Å². The lowest BCUT2D eigenvalue weighted by Gasteiger charge is -2.32.